The first kappa shape index (κ1) is 15.8. The van der Waals surface area contributed by atoms with E-state index < -0.39 is 5.82 Å². The van der Waals surface area contributed by atoms with Crippen LogP contribution in [0.2, 0.25) is 0 Å². The van der Waals surface area contributed by atoms with Gasteiger partial charge in [0.1, 0.15) is 5.75 Å². The molecule has 5 nitrogen and oxygen atoms in total. The largest absolute Gasteiger partial charge is 0.453 e. The highest BCUT2D eigenvalue weighted by Gasteiger charge is 2.21. The normalized spacial score (nSPS) is 17.0. The first-order chi connectivity index (χ1) is 11.2. The van der Waals surface area contributed by atoms with Crippen LogP contribution in [0.15, 0.2) is 42.7 Å². The molecule has 1 aromatic heterocycles. The maximum absolute atomic E-state index is 14.1. The summed E-state index contributed by atoms with van der Waals surface area (Å²) >= 11 is 1.68. The van der Waals surface area contributed by atoms with Crippen molar-refractivity contribution in [3.8, 4) is 11.5 Å². The number of benzene rings is 1. The second kappa shape index (κ2) is 7.43. The number of carbonyl (C=O) groups is 1. The van der Waals surface area contributed by atoms with Crippen LogP contribution in [0.3, 0.4) is 0 Å². The molecule has 0 bridgehead atoms. The molecule has 0 unspecified atom stereocenters. The molecular formula is C16H16FN3O2S. The van der Waals surface area contributed by atoms with E-state index in [4.69, 9.17) is 4.74 Å². The molecule has 1 atom stereocenters. The third-order valence-electron chi connectivity index (χ3n) is 3.36. The number of thioether (sulfide) groups is 1. The molecule has 0 aliphatic carbocycles. The van der Waals surface area contributed by atoms with Crippen LogP contribution in [0.5, 0.6) is 11.5 Å². The quantitative estimate of drug-likeness (QED) is 0.879. The summed E-state index contributed by atoms with van der Waals surface area (Å²) in [4.78, 5) is 15.8. The van der Waals surface area contributed by atoms with Gasteiger partial charge in [0.05, 0.1) is 12.2 Å². The van der Waals surface area contributed by atoms with Crippen molar-refractivity contribution < 1.29 is 13.9 Å². The van der Waals surface area contributed by atoms with Crippen LogP contribution < -0.4 is 15.4 Å². The predicted molar refractivity (Wildman–Crippen MR) is 86.8 cm³/mol. The number of hydrogen-bond donors (Lipinski definition) is 2. The van der Waals surface area contributed by atoms with Crippen LogP contribution in [0.4, 0.5) is 4.39 Å². The van der Waals surface area contributed by atoms with Crippen LogP contribution in [0.1, 0.15) is 5.56 Å². The number of aromatic nitrogens is 1. The fraction of sp³-hybridized carbons (Fsp3) is 0.250. The summed E-state index contributed by atoms with van der Waals surface area (Å²) in [7, 11) is 0. The Bertz CT molecular complexity index is 678. The van der Waals surface area contributed by atoms with Gasteiger partial charge in [-0.15, -0.1) is 11.8 Å². The van der Waals surface area contributed by atoms with Crippen molar-refractivity contribution in [1.29, 1.82) is 0 Å². The molecule has 2 aromatic rings. The highest BCUT2D eigenvalue weighted by atomic mass is 32.2. The summed E-state index contributed by atoms with van der Waals surface area (Å²) in [6.07, 6.45) is 3.13. The molecular weight excluding hydrogens is 317 g/mol. The number of nitrogens with one attached hydrogen (secondary N) is 2. The van der Waals surface area contributed by atoms with Gasteiger partial charge in [-0.25, -0.2) is 4.39 Å². The maximum Gasteiger partial charge on any atom is 0.238 e. The lowest BCUT2D eigenvalue weighted by Crippen LogP contribution is -2.41. The second-order valence-electron chi connectivity index (χ2n) is 5.05. The lowest BCUT2D eigenvalue weighted by atomic mass is 10.2. The van der Waals surface area contributed by atoms with Gasteiger partial charge >= 0.3 is 0 Å². The van der Waals surface area contributed by atoms with Gasteiger partial charge < -0.3 is 10.1 Å². The Hall–Kier alpha value is -2.12. The SMILES string of the molecule is O=C(NCc1ccc(Oc2cccnc2)c(F)c1)[C@H]1CSCN1. The number of hydrogen-bond acceptors (Lipinski definition) is 5. The molecule has 0 spiro atoms. The van der Waals surface area contributed by atoms with Crippen molar-refractivity contribution in [3.63, 3.8) is 0 Å². The monoisotopic (exact) mass is 333 g/mol. The third kappa shape index (κ3) is 4.20. The van der Waals surface area contributed by atoms with E-state index in [9.17, 15) is 9.18 Å². The van der Waals surface area contributed by atoms with Crippen LogP contribution in [-0.4, -0.2) is 28.6 Å². The van der Waals surface area contributed by atoms with E-state index in [1.165, 1.54) is 12.3 Å². The summed E-state index contributed by atoms with van der Waals surface area (Å²) in [5, 5.41) is 5.90. The molecule has 2 heterocycles. The summed E-state index contributed by atoms with van der Waals surface area (Å²) in [5.41, 5.74) is 0.681. The lowest BCUT2D eigenvalue weighted by Gasteiger charge is -2.11. The Morgan fingerprint density at radius 3 is 3.09 bits per heavy atom. The summed E-state index contributed by atoms with van der Waals surface area (Å²) in [6, 6.07) is 7.89. The minimum Gasteiger partial charge on any atom is -0.453 e. The first-order valence-electron chi connectivity index (χ1n) is 7.17. The Kier molecular flexibility index (Phi) is 5.09. The molecule has 1 aromatic carbocycles. The Balaban J connectivity index is 1.59. The molecule has 0 saturated carbocycles. The van der Waals surface area contributed by atoms with Gasteiger partial charge in [0.25, 0.3) is 0 Å². The Labute approximate surface area is 137 Å². The van der Waals surface area contributed by atoms with Gasteiger partial charge in [0, 0.05) is 24.4 Å². The molecule has 0 radical (unpaired) electrons. The maximum atomic E-state index is 14.1. The predicted octanol–water partition coefficient (Wildman–Crippen LogP) is 2.29. The van der Waals surface area contributed by atoms with Gasteiger partial charge in [-0.05, 0) is 29.8 Å². The van der Waals surface area contributed by atoms with Crippen LogP contribution in [0, 0.1) is 5.82 Å². The van der Waals surface area contributed by atoms with E-state index in [0.29, 0.717) is 11.3 Å². The molecule has 1 aliphatic heterocycles. The van der Waals surface area contributed by atoms with E-state index in [-0.39, 0.29) is 24.2 Å². The lowest BCUT2D eigenvalue weighted by molar-refractivity contribution is -0.122. The molecule has 1 saturated heterocycles. The zero-order valence-corrected chi connectivity index (χ0v) is 13.1. The molecule has 1 fully saturated rings. The minimum atomic E-state index is -0.477. The number of amides is 1. The number of nitrogens with zero attached hydrogens (tertiary/aromatic N) is 1. The van der Waals surface area contributed by atoms with Crippen molar-refractivity contribution in [1.82, 2.24) is 15.6 Å². The van der Waals surface area contributed by atoms with E-state index in [2.05, 4.69) is 15.6 Å². The average Bonchev–Trinajstić information content (AvgIpc) is 3.10. The summed E-state index contributed by atoms with van der Waals surface area (Å²) in [6.45, 7) is 0.284. The van der Waals surface area contributed by atoms with Gasteiger partial charge in [-0.3, -0.25) is 15.1 Å². The van der Waals surface area contributed by atoms with Crippen LogP contribution in [0.25, 0.3) is 0 Å². The fourth-order valence-corrected chi connectivity index (χ4v) is 3.09. The van der Waals surface area contributed by atoms with Crippen LogP contribution >= 0.6 is 11.8 Å². The first-order valence-corrected chi connectivity index (χ1v) is 8.33. The number of pyridine rings is 1. The highest BCUT2D eigenvalue weighted by molar-refractivity contribution is 7.99. The fourth-order valence-electron chi connectivity index (χ4n) is 2.15. The van der Waals surface area contributed by atoms with Crippen LogP contribution in [-0.2, 0) is 11.3 Å². The molecule has 23 heavy (non-hydrogen) atoms. The second-order valence-corrected chi connectivity index (χ2v) is 6.08. The number of halogens is 1. The summed E-state index contributed by atoms with van der Waals surface area (Å²) < 4.78 is 19.5. The Morgan fingerprint density at radius 1 is 1.48 bits per heavy atom. The minimum absolute atomic E-state index is 0.0638. The van der Waals surface area contributed by atoms with E-state index >= 15 is 0 Å². The zero-order valence-electron chi connectivity index (χ0n) is 12.3. The van der Waals surface area contributed by atoms with E-state index in [0.717, 1.165) is 11.6 Å². The number of rotatable bonds is 5. The Morgan fingerprint density at radius 2 is 2.39 bits per heavy atom. The molecule has 7 heteroatoms. The third-order valence-corrected chi connectivity index (χ3v) is 4.30. The molecule has 120 valence electrons. The standard InChI is InChI=1S/C16H16FN3O2S/c17-13-6-11(7-19-16(21)14-9-23-10-20-14)3-4-15(13)22-12-2-1-5-18-8-12/h1-6,8,14,20H,7,9-10H2,(H,19,21)/t14-/m1/s1. The molecule has 1 aliphatic rings. The van der Waals surface area contributed by atoms with Gasteiger partial charge in [0.2, 0.25) is 5.91 Å². The van der Waals surface area contributed by atoms with Gasteiger partial charge in [-0.2, -0.15) is 0 Å². The number of carbonyl (C=O) groups excluding carboxylic acids is 1. The molecule has 2 N–H and O–H groups in total. The highest BCUT2D eigenvalue weighted by Crippen LogP contribution is 2.24. The van der Waals surface area contributed by atoms with Crippen molar-refractivity contribution in [2.24, 2.45) is 0 Å². The van der Waals surface area contributed by atoms with Crippen molar-refractivity contribution in [2.75, 3.05) is 11.6 Å². The van der Waals surface area contributed by atoms with Gasteiger partial charge in [-0.1, -0.05) is 6.07 Å². The van der Waals surface area contributed by atoms with Gasteiger partial charge in [0.15, 0.2) is 11.6 Å². The van der Waals surface area contributed by atoms with E-state index in [1.54, 1.807) is 42.2 Å². The van der Waals surface area contributed by atoms with E-state index in [1.807, 2.05) is 0 Å². The smallest absolute Gasteiger partial charge is 0.238 e. The molecule has 1 amide bonds. The molecule has 3 rings (SSSR count). The summed E-state index contributed by atoms with van der Waals surface area (Å²) in [5.74, 6) is 1.60. The van der Waals surface area contributed by atoms with Crippen molar-refractivity contribution in [2.45, 2.75) is 12.6 Å². The number of ether oxygens (including phenoxy) is 1. The van der Waals surface area contributed by atoms with Crippen molar-refractivity contribution in [3.05, 3.63) is 54.1 Å². The van der Waals surface area contributed by atoms with Crippen molar-refractivity contribution >= 4 is 17.7 Å². The topological polar surface area (TPSA) is 63.2 Å². The zero-order chi connectivity index (χ0) is 16.1. The average molecular weight is 333 g/mol.